The first-order valence-electron chi connectivity index (χ1n) is 4.87. The number of methoxy groups -OCH3 is 1. The van der Waals surface area contributed by atoms with Gasteiger partial charge in [0.1, 0.15) is 6.61 Å². The summed E-state index contributed by atoms with van der Waals surface area (Å²) in [7, 11) is 1.65. The molecule has 0 aliphatic carbocycles. The lowest BCUT2D eigenvalue weighted by Crippen LogP contribution is -2.05. The third-order valence-electron chi connectivity index (χ3n) is 1.72. The average molecular weight is 227 g/mol. The molecule has 1 heterocycles. The molecule has 1 rings (SSSR count). The number of rotatable bonds is 6. The van der Waals surface area contributed by atoms with Gasteiger partial charge in [0.15, 0.2) is 11.0 Å². The van der Waals surface area contributed by atoms with Gasteiger partial charge in [0.2, 0.25) is 0 Å². The van der Waals surface area contributed by atoms with Crippen LogP contribution in [0.2, 0.25) is 0 Å². The molecule has 5 heteroatoms. The molecule has 84 valence electrons. The van der Waals surface area contributed by atoms with Crippen molar-refractivity contribution in [2.75, 3.05) is 7.11 Å². The zero-order chi connectivity index (χ0) is 11.3. The third kappa shape index (κ3) is 3.35. The SMILES string of the molecule is C=CCn1c(COC)nnc1SC(C)C. The fourth-order valence-electron chi connectivity index (χ4n) is 1.17. The first kappa shape index (κ1) is 12.3. The minimum absolute atomic E-state index is 0.486. The van der Waals surface area contributed by atoms with Crippen molar-refractivity contribution in [2.24, 2.45) is 0 Å². The van der Waals surface area contributed by atoms with E-state index < -0.39 is 0 Å². The van der Waals surface area contributed by atoms with Gasteiger partial charge < -0.3 is 9.30 Å². The van der Waals surface area contributed by atoms with Crippen LogP contribution in [0, 0.1) is 0 Å². The van der Waals surface area contributed by atoms with Gasteiger partial charge in [-0.05, 0) is 0 Å². The van der Waals surface area contributed by atoms with Gasteiger partial charge in [-0.2, -0.15) is 0 Å². The van der Waals surface area contributed by atoms with Gasteiger partial charge in [-0.3, -0.25) is 0 Å². The van der Waals surface area contributed by atoms with E-state index in [0.717, 1.165) is 17.5 Å². The first-order chi connectivity index (χ1) is 7.19. The standard InChI is InChI=1S/C10H17N3OS/c1-5-6-13-9(7-14-4)11-12-10(13)15-8(2)3/h5,8H,1,6-7H2,2-4H3. The highest BCUT2D eigenvalue weighted by atomic mass is 32.2. The molecule has 0 aromatic carbocycles. The molecule has 0 bridgehead atoms. The van der Waals surface area contributed by atoms with Gasteiger partial charge in [-0.15, -0.1) is 16.8 Å². The summed E-state index contributed by atoms with van der Waals surface area (Å²) in [5.41, 5.74) is 0. The summed E-state index contributed by atoms with van der Waals surface area (Å²) in [6.07, 6.45) is 1.84. The molecule has 0 saturated carbocycles. The average Bonchev–Trinajstić information content (AvgIpc) is 2.51. The van der Waals surface area contributed by atoms with Gasteiger partial charge in [-0.25, -0.2) is 0 Å². The van der Waals surface area contributed by atoms with Crippen LogP contribution in [-0.4, -0.2) is 27.1 Å². The van der Waals surface area contributed by atoms with Crippen LogP contribution in [0.15, 0.2) is 17.8 Å². The van der Waals surface area contributed by atoms with E-state index in [2.05, 4.69) is 30.6 Å². The number of nitrogens with zero attached hydrogens (tertiary/aromatic N) is 3. The Kier molecular flexibility index (Phi) is 4.84. The molecule has 0 fully saturated rings. The van der Waals surface area contributed by atoms with E-state index in [1.54, 1.807) is 18.9 Å². The highest BCUT2D eigenvalue weighted by Crippen LogP contribution is 2.21. The molecule has 15 heavy (non-hydrogen) atoms. The van der Waals surface area contributed by atoms with Crippen LogP contribution in [0.25, 0.3) is 0 Å². The maximum Gasteiger partial charge on any atom is 0.191 e. The molecule has 0 amide bonds. The van der Waals surface area contributed by atoms with Gasteiger partial charge in [-0.1, -0.05) is 31.7 Å². The number of thioether (sulfide) groups is 1. The highest BCUT2D eigenvalue weighted by Gasteiger charge is 2.12. The van der Waals surface area contributed by atoms with Crippen molar-refractivity contribution in [1.82, 2.24) is 14.8 Å². The predicted octanol–water partition coefficient (Wildman–Crippen LogP) is 2.11. The number of hydrogen-bond acceptors (Lipinski definition) is 4. The van der Waals surface area contributed by atoms with Crippen molar-refractivity contribution in [2.45, 2.75) is 37.4 Å². The minimum Gasteiger partial charge on any atom is -0.377 e. The zero-order valence-electron chi connectivity index (χ0n) is 9.43. The molecule has 0 N–H and O–H groups in total. The minimum atomic E-state index is 0.486. The normalized spacial score (nSPS) is 10.9. The monoisotopic (exact) mass is 227 g/mol. The lowest BCUT2D eigenvalue weighted by Gasteiger charge is -2.08. The molecule has 4 nitrogen and oxygen atoms in total. The van der Waals surface area contributed by atoms with Gasteiger partial charge in [0.05, 0.1) is 0 Å². The lowest BCUT2D eigenvalue weighted by molar-refractivity contribution is 0.174. The van der Waals surface area contributed by atoms with Gasteiger partial charge in [0.25, 0.3) is 0 Å². The van der Waals surface area contributed by atoms with Crippen molar-refractivity contribution < 1.29 is 4.74 Å². The summed E-state index contributed by atoms with van der Waals surface area (Å²) < 4.78 is 7.10. The van der Waals surface area contributed by atoms with Crippen molar-refractivity contribution in [1.29, 1.82) is 0 Å². The molecule has 0 aliphatic heterocycles. The molecule has 0 spiro atoms. The molecule has 1 aromatic heterocycles. The smallest absolute Gasteiger partial charge is 0.191 e. The van der Waals surface area contributed by atoms with E-state index in [9.17, 15) is 0 Å². The number of hydrogen-bond donors (Lipinski definition) is 0. The summed E-state index contributed by atoms with van der Waals surface area (Å²) in [5.74, 6) is 0.848. The summed E-state index contributed by atoms with van der Waals surface area (Å²) in [5, 5.41) is 9.66. The van der Waals surface area contributed by atoms with E-state index >= 15 is 0 Å². The molecule has 0 atom stereocenters. The topological polar surface area (TPSA) is 39.9 Å². The first-order valence-corrected chi connectivity index (χ1v) is 5.75. The van der Waals surface area contributed by atoms with Crippen molar-refractivity contribution >= 4 is 11.8 Å². The van der Waals surface area contributed by atoms with E-state index in [-0.39, 0.29) is 0 Å². The molecule has 0 saturated heterocycles. The van der Waals surface area contributed by atoms with Crippen LogP contribution < -0.4 is 0 Å². The van der Waals surface area contributed by atoms with Gasteiger partial charge in [0, 0.05) is 18.9 Å². The maximum atomic E-state index is 5.07. The summed E-state index contributed by atoms with van der Waals surface area (Å²) in [6.45, 7) is 9.20. The Bertz CT molecular complexity index is 322. The van der Waals surface area contributed by atoms with Crippen LogP contribution in [0.1, 0.15) is 19.7 Å². The second-order valence-corrected chi connectivity index (χ2v) is 4.94. The summed E-state index contributed by atoms with van der Waals surface area (Å²) in [6, 6.07) is 0. The van der Waals surface area contributed by atoms with Gasteiger partial charge >= 0.3 is 0 Å². The molecular weight excluding hydrogens is 210 g/mol. The Morgan fingerprint density at radius 1 is 1.53 bits per heavy atom. The fraction of sp³-hybridized carbons (Fsp3) is 0.600. The van der Waals surface area contributed by atoms with Crippen LogP contribution >= 0.6 is 11.8 Å². The molecule has 0 radical (unpaired) electrons. The number of allylic oxidation sites excluding steroid dienone is 1. The largest absolute Gasteiger partial charge is 0.377 e. The molecular formula is C10H17N3OS. The van der Waals surface area contributed by atoms with Crippen molar-refractivity contribution in [3.05, 3.63) is 18.5 Å². The Hall–Kier alpha value is -0.810. The molecule has 0 unspecified atom stereocenters. The van der Waals surface area contributed by atoms with Crippen LogP contribution in [0.3, 0.4) is 0 Å². The van der Waals surface area contributed by atoms with E-state index in [0.29, 0.717) is 11.9 Å². The highest BCUT2D eigenvalue weighted by molar-refractivity contribution is 7.99. The van der Waals surface area contributed by atoms with E-state index in [4.69, 9.17) is 4.74 Å². The molecule has 0 aliphatic rings. The number of ether oxygens (including phenoxy) is 1. The Morgan fingerprint density at radius 2 is 2.27 bits per heavy atom. The van der Waals surface area contributed by atoms with Crippen molar-refractivity contribution in [3.8, 4) is 0 Å². The van der Waals surface area contributed by atoms with Crippen LogP contribution in [0.5, 0.6) is 0 Å². The Morgan fingerprint density at radius 3 is 2.80 bits per heavy atom. The fourth-order valence-corrected chi connectivity index (χ4v) is 1.98. The second kappa shape index (κ2) is 5.92. The second-order valence-electron chi connectivity index (χ2n) is 3.40. The number of aromatic nitrogens is 3. The zero-order valence-corrected chi connectivity index (χ0v) is 10.3. The molecule has 1 aromatic rings. The van der Waals surface area contributed by atoms with E-state index in [1.165, 1.54) is 0 Å². The van der Waals surface area contributed by atoms with Crippen molar-refractivity contribution in [3.63, 3.8) is 0 Å². The lowest BCUT2D eigenvalue weighted by atomic mass is 10.5. The van der Waals surface area contributed by atoms with E-state index in [1.807, 2.05) is 10.6 Å². The summed E-state index contributed by atoms with van der Waals surface area (Å²) in [4.78, 5) is 0. The quantitative estimate of drug-likeness (QED) is 0.551. The Labute approximate surface area is 94.7 Å². The van der Waals surface area contributed by atoms with Crippen LogP contribution in [0.4, 0.5) is 0 Å². The maximum absolute atomic E-state index is 5.07. The Balaban J connectivity index is 2.89. The predicted molar refractivity (Wildman–Crippen MR) is 61.9 cm³/mol. The third-order valence-corrected chi connectivity index (χ3v) is 2.70. The van der Waals surface area contributed by atoms with Crippen LogP contribution in [-0.2, 0) is 17.9 Å². The summed E-state index contributed by atoms with van der Waals surface area (Å²) >= 11 is 1.70.